The summed E-state index contributed by atoms with van der Waals surface area (Å²) in [6.07, 6.45) is 1.53. The van der Waals surface area contributed by atoms with E-state index in [4.69, 9.17) is 9.47 Å². The molecular weight excluding hydrogens is 326 g/mol. The van der Waals surface area contributed by atoms with Gasteiger partial charge in [-0.3, -0.25) is 0 Å². The van der Waals surface area contributed by atoms with Crippen LogP contribution >= 0.6 is 15.9 Å². The molecule has 1 aliphatic heterocycles. The van der Waals surface area contributed by atoms with E-state index in [1.807, 2.05) is 6.07 Å². The number of halogens is 1. The number of hydrogen-bond acceptors (Lipinski definition) is 5. The highest BCUT2D eigenvalue weighted by Crippen LogP contribution is 2.36. The topological polar surface area (TPSA) is 64.6 Å². The molecule has 0 saturated heterocycles. The van der Waals surface area contributed by atoms with Crippen molar-refractivity contribution in [3.05, 3.63) is 34.3 Å². The summed E-state index contributed by atoms with van der Waals surface area (Å²) in [5, 5.41) is 3.08. The number of benzene rings is 1. The second kappa shape index (κ2) is 5.28. The van der Waals surface area contributed by atoms with Crippen LogP contribution in [0.25, 0.3) is 5.57 Å². The minimum atomic E-state index is -1.11. The second-order valence-corrected chi connectivity index (χ2v) is 5.47. The number of esters is 2. The maximum absolute atomic E-state index is 12.0. The largest absolute Gasteiger partial charge is 0.467 e. The van der Waals surface area contributed by atoms with Gasteiger partial charge in [0.25, 0.3) is 0 Å². The van der Waals surface area contributed by atoms with Gasteiger partial charge in [0.1, 0.15) is 0 Å². The zero-order chi connectivity index (χ0) is 14.9. The van der Waals surface area contributed by atoms with Crippen molar-refractivity contribution in [3.63, 3.8) is 0 Å². The fourth-order valence-electron chi connectivity index (χ4n) is 2.13. The first-order valence-corrected chi connectivity index (χ1v) is 6.68. The first kappa shape index (κ1) is 14.6. The summed E-state index contributed by atoms with van der Waals surface area (Å²) in [5.41, 5.74) is 0.561. The molecule has 1 aromatic carbocycles. The molecule has 0 spiro atoms. The van der Waals surface area contributed by atoms with Crippen molar-refractivity contribution in [2.45, 2.75) is 12.5 Å². The molecule has 106 valence electrons. The Bertz CT molecular complexity index is 611. The van der Waals surface area contributed by atoms with E-state index in [-0.39, 0.29) is 0 Å². The molecule has 2 rings (SSSR count). The average Bonchev–Trinajstić information content (AvgIpc) is 2.45. The van der Waals surface area contributed by atoms with Gasteiger partial charge >= 0.3 is 11.9 Å². The standard InChI is InChI=1S/C14H14BrNO4/c1-14(13(18)20-3)7-10(12(17)19-2)9-6-8(15)4-5-11(9)16-14/h4-7,16H,1-3H3/t14-/m1/s1. The minimum Gasteiger partial charge on any atom is -0.467 e. The first-order chi connectivity index (χ1) is 9.41. The van der Waals surface area contributed by atoms with Crippen molar-refractivity contribution in [2.75, 3.05) is 19.5 Å². The van der Waals surface area contributed by atoms with Gasteiger partial charge in [0, 0.05) is 15.7 Å². The Morgan fingerprint density at radius 1 is 1.25 bits per heavy atom. The number of fused-ring (bicyclic) bond motifs is 1. The van der Waals surface area contributed by atoms with Crippen LogP contribution < -0.4 is 5.32 Å². The van der Waals surface area contributed by atoms with Crippen LogP contribution in [0, 0.1) is 0 Å². The predicted molar refractivity (Wildman–Crippen MR) is 78.2 cm³/mol. The second-order valence-electron chi connectivity index (χ2n) is 4.56. The summed E-state index contributed by atoms with van der Waals surface area (Å²) in [6.45, 7) is 1.65. The molecule has 0 unspecified atom stereocenters. The zero-order valence-electron chi connectivity index (χ0n) is 11.3. The van der Waals surface area contributed by atoms with Crippen LogP contribution in [-0.2, 0) is 19.1 Å². The highest BCUT2D eigenvalue weighted by Gasteiger charge is 2.38. The summed E-state index contributed by atoms with van der Waals surface area (Å²) >= 11 is 3.36. The molecule has 0 radical (unpaired) electrons. The molecule has 5 nitrogen and oxygen atoms in total. The number of ether oxygens (including phenoxy) is 2. The number of nitrogens with one attached hydrogen (secondary N) is 1. The Kier molecular flexibility index (Phi) is 3.85. The minimum absolute atomic E-state index is 0.329. The normalized spacial score (nSPS) is 20.3. The Balaban J connectivity index is 2.61. The quantitative estimate of drug-likeness (QED) is 0.838. The summed E-state index contributed by atoms with van der Waals surface area (Å²) in [5.74, 6) is -0.978. The molecule has 6 heteroatoms. The van der Waals surface area contributed by atoms with Crippen LogP contribution in [0.1, 0.15) is 12.5 Å². The number of methoxy groups -OCH3 is 2. The lowest BCUT2D eigenvalue weighted by atomic mass is 9.89. The number of carbonyl (C=O) groups excluding carboxylic acids is 2. The van der Waals surface area contributed by atoms with Gasteiger partial charge in [-0.1, -0.05) is 15.9 Å². The van der Waals surface area contributed by atoms with Crippen LogP contribution in [0.5, 0.6) is 0 Å². The lowest BCUT2D eigenvalue weighted by Gasteiger charge is -2.32. The van der Waals surface area contributed by atoms with Crippen molar-refractivity contribution in [1.82, 2.24) is 0 Å². The maximum Gasteiger partial charge on any atom is 0.338 e. The van der Waals surface area contributed by atoms with Gasteiger partial charge < -0.3 is 14.8 Å². The highest BCUT2D eigenvalue weighted by atomic mass is 79.9. The molecule has 0 amide bonds. The van der Waals surface area contributed by atoms with Crippen molar-refractivity contribution in [2.24, 2.45) is 0 Å². The number of rotatable bonds is 2. The lowest BCUT2D eigenvalue weighted by molar-refractivity contribution is -0.143. The molecular formula is C14H14BrNO4. The number of carbonyl (C=O) groups is 2. The average molecular weight is 340 g/mol. The predicted octanol–water partition coefficient (Wildman–Crippen LogP) is 2.36. The monoisotopic (exact) mass is 339 g/mol. The van der Waals surface area contributed by atoms with E-state index >= 15 is 0 Å². The van der Waals surface area contributed by atoms with Crippen molar-refractivity contribution in [3.8, 4) is 0 Å². The fraction of sp³-hybridized carbons (Fsp3) is 0.286. The number of hydrogen-bond donors (Lipinski definition) is 1. The Morgan fingerprint density at radius 2 is 1.95 bits per heavy atom. The van der Waals surface area contributed by atoms with Crippen molar-refractivity contribution < 1.29 is 19.1 Å². The Labute approximate surface area is 125 Å². The molecule has 0 aromatic heterocycles. The van der Waals surface area contributed by atoms with E-state index in [1.165, 1.54) is 20.3 Å². The third kappa shape index (κ3) is 2.43. The van der Waals surface area contributed by atoms with E-state index in [1.54, 1.807) is 19.1 Å². The van der Waals surface area contributed by atoms with Crippen LogP contribution in [0.2, 0.25) is 0 Å². The van der Waals surface area contributed by atoms with Crippen LogP contribution in [0.4, 0.5) is 5.69 Å². The molecule has 1 N–H and O–H groups in total. The summed E-state index contributed by atoms with van der Waals surface area (Å²) in [4.78, 5) is 23.9. The fourth-order valence-corrected chi connectivity index (χ4v) is 2.49. The highest BCUT2D eigenvalue weighted by molar-refractivity contribution is 9.10. The summed E-state index contributed by atoms with van der Waals surface area (Å²) in [6, 6.07) is 5.41. The van der Waals surface area contributed by atoms with Gasteiger partial charge in [-0.15, -0.1) is 0 Å². The van der Waals surface area contributed by atoms with Gasteiger partial charge in [-0.05, 0) is 31.2 Å². The first-order valence-electron chi connectivity index (χ1n) is 5.89. The van der Waals surface area contributed by atoms with Crippen LogP contribution in [-0.4, -0.2) is 31.7 Å². The van der Waals surface area contributed by atoms with E-state index < -0.39 is 17.5 Å². The molecule has 0 saturated carbocycles. The van der Waals surface area contributed by atoms with E-state index in [9.17, 15) is 9.59 Å². The zero-order valence-corrected chi connectivity index (χ0v) is 12.9. The molecule has 1 atom stereocenters. The Morgan fingerprint density at radius 3 is 2.55 bits per heavy atom. The van der Waals surface area contributed by atoms with Gasteiger partial charge in [0.2, 0.25) is 0 Å². The summed E-state index contributed by atoms with van der Waals surface area (Å²) < 4.78 is 10.4. The molecule has 0 bridgehead atoms. The van der Waals surface area contributed by atoms with Crippen molar-refractivity contribution >= 4 is 39.1 Å². The number of anilines is 1. The van der Waals surface area contributed by atoms with Gasteiger partial charge in [-0.25, -0.2) is 9.59 Å². The lowest BCUT2D eigenvalue weighted by Crippen LogP contribution is -2.45. The molecule has 20 heavy (non-hydrogen) atoms. The van der Waals surface area contributed by atoms with Gasteiger partial charge in [0.05, 0.1) is 19.8 Å². The van der Waals surface area contributed by atoms with E-state index in [0.717, 1.165) is 4.47 Å². The van der Waals surface area contributed by atoms with Crippen LogP contribution in [0.3, 0.4) is 0 Å². The van der Waals surface area contributed by atoms with E-state index in [2.05, 4.69) is 21.2 Å². The third-order valence-corrected chi connectivity index (χ3v) is 3.61. The van der Waals surface area contributed by atoms with Crippen molar-refractivity contribution in [1.29, 1.82) is 0 Å². The molecule has 0 fully saturated rings. The van der Waals surface area contributed by atoms with Gasteiger partial charge in [-0.2, -0.15) is 0 Å². The molecule has 1 heterocycles. The molecule has 1 aliphatic rings. The third-order valence-electron chi connectivity index (χ3n) is 3.11. The van der Waals surface area contributed by atoms with Crippen LogP contribution in [0.15, 0.2) is 28.7 Å². The SMILES string of the molecule is COC(=O)C1=C[C@](C)(C(=O)OC)Nc2ccc(Br)cc21. The van der Waals surface area contributed by atoms with Gasteiger partial charge in [0.15, 0.2) is 5.54 Å². The maximum atomic E-state index is 12.0. The Hall–Kier alpha value is -1.82. The molecule has 0 aliphatic carbocycles. The molecule has 1 aromatic rings. The smallest absolute Gasteiger partial charge is 0.338 e. The summed E-state index contributed by atoms with van der Waals surface area (Å²) in [7, 11) is 2.61. The van der Waals surface area contributed by atoms with E-state index in [0.29, 0.717) is 16.8 Å².